The largest absolute Gasteiger partial charge is 0.476 e. The number of nitrogens with zero attached hydrogens (tertiary/aromatic N) is 4. The van der Waals surface area contributed by atoms with E-state index in [1.807, 2.05) is 14.1 Å². The van der Waals surface area contributed by atoms with Gasteiger partial charge in [-0.15, -0.1) is 4.36 Å². The van der Waals surface area contributed by atoms with Gasteiger partial charge in [-0.2, -0.15) is 5.10 Å². The Labute approximate surface area is 186 Å². The number of carbonyl (C=O) groups excluding carboxylic acids is 1. The molecule has 32 heavy (non-hydrogen) atoms. The molecule has 1 aromatic heterocycles. The molecular formula is C21H27FN6O3S. The third-order valence-corrected chi connectivity index (χ3v) is 7.72. The maximum absolute atomic E-state index is 14.6. The van der Waals surface area contributed by atoms with Crippen LogP contribution in [0.3, 0.4) is 0 Å². The normalized spacial score (nSPS) is 20.5. The topological polar surface area (TPSA) is 115 Å². The molecule has 2 aliphatic carbocycles. The molecule has 2 unspecified atom stereocenters. The van der Waals surface area contributed by atoms with Crippen LogP contribution in [0.1, 0.15) is 28.7 Å². The molecule has 2 aromatic rings. The summed E-state index contributed by atoms with van der Waals surface area (Å²) in [4.78, 5) is 14.9. The second-order valence-corrected chi connectivity index (χ2v) is 10.7. The zero-order valence-corrected chi connectivity index (χ0v) is 19.0. The van der Waals surface area contributed by atoms with Crippen molar-refractivity contribution in [1.82, 2.24) is 14.7 Å². The van der Waals surface area contributed by atoms with Gasteiger partial charge in [0.25, 0.3) is 0 Å². The monoisotopic (exact) mass is 462 g/mol. The van der Waals surface area contributed by atoms with Gasteiger partial charge in [-0.3, -0.25) is 0 Å². The highest BCUT2D eigenvalue weighted by Gasteiger charge is 2.32. The second-order valence-electron chi connectivity index (χ2n) is 8.98. The maximum atomic E-state index is 14.6. The van der Waals surface area contributed by atoms with Crippen LogP contribution in [0, 0.1) is 11.7 Å². The molecule has 5 rings (SSSR count). The zero-order valence-electron chi connectivity index (χ0n) is 18.2. The molecule has 1 aliphatic heterocycles. The van der Waals surface area contributed by atoms with E-state index < -0.39 is 15.9 Å². The average molecular weight is 463 g/mol. The molecule has 172 valence electrons. The number of amides is 2. The third kappa shape index (κ3) is 3.57. The number of aromatic nitrogens is 2. The van der Waals surface area contributed by atoms with Gasteiger partial charge in [0.05, 0.1) is 19.3 Å². The molecule has 2 atom stereocenters. The lowest BCUT2D eigenvalue weighted by atomic mass is 9.83. The van der Waals surface area contributed by atoms with Gasteiger partial charge in [-0.05, 0) is 68.5 Å². The van der Waals surface area contributed by atoms with E-state index in [0.29, 0.717) is 55.6 Å². The van der Waals surface area contributed by atoms with E-state index in [1.54, 1.807) is 4.68 Å². The molecule has 0 radical (unpaired) electrons. The molecule has 0 saturated carbocycles. The number of anilines is 1. The van der Waals surface area contributed by atoms with E-state index in [-0.39, 0.29) is 22.5 Å². The Bertz CT molecular complexity index is 1230. The Kier molecular flexibility index (Phi) is 5.22. The highest BCUT2D eigenvalue weighted by atomic mass is 32.2. The number of halogens is 1. The van der Waals surface area contributed by atoms with Crippen molar-refractivity contribution in [1.29, 1.82) is 0 Å². The predicted octanol–water partition coefficient (Wildman–Crippen LogP) is 2.11. The molecule has 3 N–H and O–H groups in total. The van der Waals surface area contributed by atoms with Crippen LogP contribution >= 0.6 is 0 Å². The summed E-state index contributed by atoms with van der Waals surface area (Å²) < 4.78 is 39.0. The maximum Gasteiger partial charge on any atom is 0.354 e. The number of ether oxygens (including phenoxy) is 1. The number of urea groups is 1. The Hall–Kier alpha value is -2.50. The van der Waals surface area contributed by atoms with Crippen LogP contribution in [-0.2, 0) is 42.1 Å². The molecule has 2 heterocycles. The van der Waals surface area contributed by atoms with Crippen molar-refractivity contribution >= 4 is 21.6 Å². The molecule has 9 nitrogen and oxygen atoms in total. The fraction of sp³-hybridized carbons (Fsp3) is 0.524. The van der Waals surface area contributed by atoms with Crippen LogP contribution in [0.4, 0.5) is 14.9 Å². The SMILES string of the molecule is CN(C)CC1COc2c(S(N)(=O)=NC(=O)Nc3c4c(c(F)c5c3CC5)CCC4)cnn2C1. The number of carbonyl (C=O) groups is 1. The summed E-state index contributed by atoms with van der Waals surface area (Å²) >= 11 is 0. The summed E-state index contributed by atoms with van der Waals surface area (Å²) in [5, 5.41) is 13.0. The van der Waals surface area contributed by atoms with Gasteiger partial charge in [0.1, 0.15) is 10.7 Å². The molecule has 0 spiro atoms. The van der Waals surface area contributed by atoms with Crippen molar-refractivity contribution in [2.24, 2.45) is 15.4 Å². The van der Waals surface area contributed by atoms with Crippen molar-refractivity contribution < 1.29 is 18.1 Å². The van der Waals surface area contributed by atoms with Gasteiger partial charge in [-0.25, -0.2) is 23.2 Å². The van der Waals surface area contributed by atoms with Crippen LogP contribution in [0.2, 0.25) is 0 Å². The summed E-state index contributed by atoms with van der Waals surface area (Å²) in [5.74, 6) is 0.390. The number of benzene rings is 1. The van der Waals surface area contributed by atoms with E-state index in [0.717, 1.165) is 24.1 Å². The smallest absolute Gasteiger partial charge is 0.354 e. The highest BCUT2D eigenvalue weighted by molar-refractivity contribution is 7.91. The number of rotatable bonds is 4. The molecule has 1 aromatic carbocycles. The molecule has 0 saturated heterocycles. The average Bonchev–Trinajstić information content (AvgIpc) is 3.32. The summed E-state index contributed by atoms with van der Waals surface area (Å²) in [7, 11) is 0.393. The van der Waals surface area contributed by atoms with Crippen molar-refractivity contribution in [3.63, 3.8) is 0 Å². The molecular weight excluding hydrogens is 435 g/mol. The van der Waals surface area contributed by atoms with Crippen LogP contribution < -0.4 is 15.2 Å². The Morgan fingerprint density at radius 3 is 2.72 bits per heavy atom. The standard InChI is InChI=1S/C21H27FN6O3S/c1-27(2)9-12-10-28-20(31-11-12)17(8-24-28)32(23,30)26-21(29)25-19-15-5-3-4-13(15)18(22)14-6-7-16(14)19/h8,12H,3-7,9-11H2,1-2H3,(H3,23,25,26,29,30). The first-order valence-corrected chi connectivity index (χ1v) is 12.4. The summed E-state index contributed by atoms with van der Waals surface area (Å²) in [5.41, 5.74) is 3.60. The van der Waals surface area contributed by atoms with Gasteiger partial charge in [0, 0.05) is 18.2 Å². The van der Waals surface area contributed by atoms with Crippen LogP contribution in [0.25, 0.3) is 0 Å². The third-order valence-electron chi connectivity index (χ3n) is 6.38. The highest BCUT2D eigenvalue weighted by Crippen LogP contribution is 2.42. The fourth-order valence-electron chi connectivity index (χ4n) is 4.93. The Balaban J connectivity index is 1.41. The Morgan fingerprint density at radius 1 is 1.31 bits per heavy atom. The lowest BCUT2D eigenvalue weighted by Gasteiger charge is -2.27. The number of nitrogens with two attached hydrogens (primary N) is 1. The van der Waals surface area contributed by atoms with E-state index in [4.69, 9.17) is 9.88 Å². The fourth-order valence-corrected chi connectivity index (χ4v) is 5.93. The quantitative estimate of drug-likeness (QED) is 0.722. The molecule has 0 fully saturated rings. The number of hydrogen-bond acceptors (Lipinski definition) is 5. The van der Waals surface area contributed by atoms with Crippen LogP contribution in [0.5, 0.6) is 5.88 Å². The van der Waals surface area contributed by atoms with Crippen molar-refractivity contribution in [3.05, 3.63) is 34.3 Å². The molecule has 2 amide bonds. The summed E-state index contributed by atoms with van der Waals surface area (Å²) in [6.45, 7) is 1.86. The van der Waals surface area contributed by atoms with E-state index in [9.17, 15) is 13.4 Å². The first kappa shape index (κ1) is 21.4. The lowest BCUT2D eigenvalue weighted by Crippen LogP contribution is -2.34. The van der Waals surface area contributed by atoms with Crippen molar-refractivity contribution in [2.45, 2.75) is 43.5 Å². The van der Waals surface area contributed by atoms with Crippen LogP contribution in [-0.4, -0.2) is 52.2 Å². The van der Waals surface area contributed by atoms with E-state index in [2.05, 4.69) is 19.7 Å². The van der Waals surface area contributed by atoms with Gasteiger partial charge in [-0.1, -0.05) is 0 Å². The van der Waals surface area contributed by atoms with Gasteiger partial charge in [0.15, 0.2) is 9.92 Å². The number of nitrogens with one attached hydrogen (secondary N) is 1. The molecule has 3 aliphatic rings. The van der Waals surface area contributed by atoms with Crippen LogP contribution in [0.15, 0.2) is 15.5 Å². The number of hydrogen-bond donors (Lipinski definition) is 2. The lowest BCUT2D eigenvalue weighted by molar-refractivity contribution is 0.136. The number of fused-ring (bicyclic) bond motifs is 3. The first-order valence-electron chi connectivity index (χ1n) is 10.8. The first-order chi connectivity index (χ1) is 15.2. The predicted molar refractivity (Wildman–Crippen MR) is 118 cm³/mol. The van der Waals surface area contributed by atoms with Crippen molar-refractivity contribution in [3.8, 4) is 5.88 Å². The van der Waals surface area contributed by atoms with E-state index >= 15 is 0 Å². The second kappa shape index (κ2) is 7.82. The minimum atomic E-state index is -3.58. The molecule has 0 bridgehead atoms. The zero-order chi connectivity index (χ0) is 22.6. The molecule has 11 heteroatoms. The summed E-state index contributed by atoms with van der Waals surface area (Å²) in [6.07, 6.45) is 4.93. The van der Waals surface area contributed by atoms with Gasteiger partial charge in [0.2, 0.25) is 5.88 Å². The summed E-state index contributed by atoms with van der Waals surface area (Å²) in [6, 6.07) is -0.812. The minimum absolute atomic E-state index is 0.105. The van der Waals surface area contributed by atoms with Gasteiger partial charge >= 0.3 is 6.03 Å². The van der Waals surface area contributed by atoms with E-state index in [1.165, 1.54) is 6.20 Å². The minimum Gasteiger partial charge on any atom is -0.476 e. The van der Waals surface area contributed by atoms with Gasteiger partial charge < -0.3 is 15.0 Å². The van der Waals surface area contributed by atoms with Crippen molar-refractivity contribution in [2.75, 3.05) is 32.6 Å². The Morgan fingerprint density at radius 2 is 2.00 bits per heavy atom.